The van der Waals surface area contributed by atoms with Crippen LogP contribution in [0.3, 0.4) is 0 Å². The van der Waals surface area contributed by atoms with Crippen LogP contribution in [0.4, 0.5) is 0 Å². The van der Waals surface area contributed by atoms with E-state index >= 15 is 0 Å². The Labute approximate surface area is 105 Å². The molecule has 6 nitrogen and oxygen atoms in total. The molecule has 2 N–H and O–H groups in total. The van der Waals surface area contributed by atoms with Crippen LogP contribution in [0, 0.1) is 0 Å². The second-order valence-corrected chi connectivity index (χ2v) is 5.32. The van der Waals surface area contributed by atoms with Gasteiger partial charge in [-0.15, -0.1) is 0 Å². The highest BCUT2D eigenvalue weighted by Gasteiger charge is 2.14. The number of nitrogens with zero attached hydrogens (tertiary/aromatic N) is 1. The van der Waals surface area contributed by atoms with Gasteiger partial charge in [-0.1, -0.05) is 12.1 Å². The molecule has 0 spiro atoms. The van der Waals surface area contributed by atoms with Crippen LogP contribution < -0.4 is 9.46 Å². The number of benzene rings is 1. The molecule has 7 heteroatoms. The molecule has 0 bridgehead atoms. The summed E-state index contributed by atoms with van der Waals surface area (Å²) in [4.78, 5) is 6.23. The summed E-state index contributed by atoms with van der Waals surface area (Å²) in [5.74, 6) is 0.732. The van der Waals surface area contributed by atoms with E-state index in [0.29, 0.717) is 0 Å². The minimum Gasteiger partial charge on any atom is -0.497 e. The second kappa shape index (κ2) is 5.19. The maximum absolute atomic E-state index is 11.8. The predicted octanol–water partition coefficient (Wildman–Crippen LogP) is 0.897. The van der Waals surface area contributed by atoms with E-state index in [0.717, 1.165) is 11.3 Å². The topological polar surface area (TPSA) is 84.1 Å². The van der Waals surface area contributed by atoms with Crippen molar-refractivity contribution in [3.05, 3.63) is 42.4 Å². The number of hydrogen-bond donors (Lipinski definition) is 2. The molecule has 2 aromatic rings. The van der Waals surface area contributed by atoms with Crippen molar-refractivity contribution in [2.24, 2.45) is 0 Å². The number of sulfonamides is 1. The van der Waals surface area contributed by atoms with E-state index in [4.69, 9.17) is 4.74 Å². The first kappa shape index (κ1) is 12.6. The van der Waals surface area contributed by atoms with Crippen LogP contribution in [-0.2, 0) is 16.6 Å². The molecule has 0 saturated carbocycles. The monoisotopic (exact) mass is 267 g/mol. The Hall–Kier alpha value is -1.86. The molecule has 0 aliphatic heterocycles. The Kier molecular flexibility index (Phi) is 3.63. The van der Waals surface area contributed by atoms with Crippen LogP contribution in [0.5, 0.6) is 5.75 Å². The largest absolute Gasteiger partial charge is 0.497 e. The molecule has 0 amide bonds. The molecule has 1 aromatic heterocycles. The Balaban J connectivity index is 2.03. The van der Waals surface area contributed by atoms with Crippen molar-refractivity contribution < 1.29 is 13.2 Å². The lowest BCUT2D eigenvalue weighted by Crippen LogP contribution is -2.23. The number of aromatic nitrogens is 2. The summed E-state index contributed by atoms with van der Waals surface area (Å²) in [6.07, 6.45) is 2.58. The summed E-state index contributed by atoms with van der Waals surface area (Å²) in [5, 5.41) is 0.0519. The molecule has 1 heterocycles. The molecule has 18 heavy (non-hydrogen) atoms. The third-order valence-electron chi connectivity index (χ3n) is 2.39. The molecule has 0 fully saturated rings. The molecule has 0 aliphatic carbocycles. The number of imidazole rings is 1. The van der Waals surface area contributed by atoms with Gasteiger partial charge in [-0.25, -0.2) is 18.1 Å². The highest BCUT2D eigenvalue weighted by Crippen LogP contribution is 2.11. The van der Waals surface area contributed by atoms with Gasteiger partial charge in [0.05, 0.1) is 19.6 Å². The zero-order valence-electron chi connectivity index (χ0n) is 9.75. The summed E-state index contributed by atoms with van der Waals surface area (Å²) >= 11 is 0. The zero-order chi connectivity index (χ0) is 13.0. The molecular formula is C11H13N3O3S. The van der Waals surface area contributed by atoms with E-state index in [1.165, 1.54) is 12.5 Å². The zero-order valence-corrected chi connectivity index (χ0v) is 10.6. The lowest BCUT2D eigenvalue weighted by atomic mass is 10.2. The van der Waals surface area contributed by atoms with E-state index in [-0.39, 0.29) is 11.6 Å². The van der Waals surface area contributed by atoms with Gasteiger partial charge < -0.3 is 9.72 Å². The maximum Gasteiger partial charge on any atom is 0.257 e. The summed E-state index contributed by atoms with van der Waals surface area (Å²) in [6, 6.07) is 7.16. The number of nitrogens with one attached hydrogen (secondary N) is 2. The van der Waals surface area contributed by atoms with E-state index < -0.39 is 10.0 Å². The predicted molar refractivity (Wildman–Crippen MR) is 65.6 cm³/mol. The van der Waals surface area contributed by atoms with Gasteiger partial charge in [0.1, 0.15) is 5.75 Å². The third-order valence-corrected chi connectivity index (χ3v) is 3.71. The fourth-order valence-corrected chi connectivity index (χ4v) is 2.31. The first-order valence-corrected chi connectivity index (χ1v) is 6.71. The number of aromatic amines is 1. The Bertz CT molecular complexity index is 591. The highest BCUT2D eigenvalue weighted by molar-refractivity contribution is 7.89. The molecule has 2 rings (SSSR count). The van der Waals surface area contributed by atoms with Gasteiger partial charge in [-0.05, 0) is 17.7 Å². The maximum atomic E-state index is 11.8. The summed E-state index contributed by atoms with van der Waals surface area (Å²) in [7, 11) is -1.95. The van der Waals surface area contributed by atoms with Crippen LogP contribution in [0.2, 0.25) is 0 Å². The van der Waals surface area contributed by atoms with E-state index in [1.807, 2.05) is 0 Å². The lowest BCUT2D eigenvalue weighted by Gasteiger charge is -2.05. The van der Waals surface area contributed by atoms with Gasteiger partial charge in [-0.2, -0.15) is 0 Å². The van der Waals surface area contributed by atoms with Crippen molar-refractivity contribution in [1.82, 2.24) is 14.7 Å². The Morgan fingerprint density at radius 3 is 2.61 bits per heavy atom. The van der Waals surface area contributed by atoms with Gasteiger partial charge >= 0.3 is 0 Å². The van der Waals surface area contributed by atoms with Gasteiger partial charge in [0.2, 0.25) is 0 Å². The van der Waals surface area contributed by atoms with Gasteiger partial charge in [0.15, 0.2) is 5.03 Å². The number of ether oxygens (including phenoxy) is 1. The summed E-state index contributed by atoms with van der Waals surface area (Å²) < 4.78 is 31.1. The minimum atomic E-state index is -3.53. The Morgan fingerprint density at radius 2 is 2.06 bits per heavy atom. The van der Waals surface area contributed by atoms with Crippen LogP contribution >= 0.6 is 0 Å². The summed E-state index contributed by atoms with van der Waals surface area (Å²) in [6.45, 7) is 0.214. The lowest BCUT2D eigenvalue weighted by molar-refractivity contribution is 0.414. The van der Waals surface area contributed by atoms with Crippen molar-refractivity contribution in [2.75, 3.05) is 7.11 Å². The summed E-state index contributed by atoms with van der Waals surface area (Å²) in [5.41, 5.74) is 0.846. The van der Waals surface area contributed by atoms with E-state index in [9.17, 15) is 8.42 Å². The van der Waals surface area contributed by atoms with Crippen molar-refractivity contribution in [1.29, 1.82) is 0 Å². The van der Waals surface area contributed by atoms with Crippen LogP contribution in [0.1, 0.15) is 5.56 Å². The molecule has 0 aliphatic rings. The van der Waals surface area contributed by atoms with Crippen molar-refractivity contribution >= 4 is 10.0 Å². The number of methoxy groups -OCH3 is 1. The average molecular weight is 267 g/mol. The normalized spacial score (nSPS) is 11.4. The average Bonchev–Trinajstić information content (AvgIpc) is 2.92. The van der Waals surface area contributed by atoms with Gasteiger partial charge in [-0.3, -0.25) is 0 Å². The van der Waals surface area contributed by atoms with Crippen LogP contribution in [0.25, 0.3) is 0 Å². The third kappa shape index (κ3) is 2.88. The van der Waals surface area contributed by atoms with Gasteiger partial charge in [0, 0.05) is 6.54 Å². The quantitative estimate of drug-likeness (QED) is 0.843. The molecule has 1 aromatic carbocycles. The van der Waals surface area contributed by atoms with Gasteiger partial charge in [0.25, 0.3) is 10.0 Å². The van der Waals surface area contributed by atoms with Crippen molar-refractivity contribution in [2.45, 2.75) is 11.6 Å². The van der Waals surface area contributed by atoms with Crippen LogP contribution in [-0.4, -0.2) is 25.5 Å². The molecular weight excluding hydrogens is 254 g/mol. The number of H-pyrrole nitrogens is 1. The fraction of sp³-hybridized carbons (Fsp3) is 0.182. The minimum absolute atomic E-state index is 0.0519. The smallest absolute Gasteiger partial charge is 0.257 e. The molecule has 0 radical (unpaired) electrons. The molecule has 96 valence electrons. The first-order valence-electron chi connectivity index (χ1n) is 5.23. The highest BCUT2D eigenvalue weighted by atomic mass is 32.2. The second-order valence-electron chi connectivity index (χ2n) is 3.59. The fourth-order valence-electron chi connectivity index (χ4n) is 1.39. The number of hydrogen-bond acceptors (Lipinski definition) is 4. The molecule has 0 saturated heterocycles. The van der Waals surface area contributed by atoms with Crippen molar-refractivity contribution in [3.8, 4) is 5.75 Å². The van der Waals surface area contributed by atoms with E-state index in [2.05, 4.69) is 14.7 Å². The SMILES string of the molecule is COc1ccc(CNS(=O)(=O)c2cnc[nH]2)cc1. The Morgan fingerprint density at radius 1 is 1.33 bits per heavy atom. The van der Waals surface area contributed by atoms with E-state index in [1.54, 1.807) is 31.4 Å². The van der Waals surface area contributed by atoms with Crippen molar-refractivity contribution in [3.63, 3.8) is 0 Å². The molecule has 0 unspecified atom stereocenters. The standard InChI is InChI=1S/C11H13N3O3S/c1-17-10-4-2-9(3-5-10)6-14-18(15,16)11-7-12-8-13-11/h2-5,7-8,14H,6H2,1H3,(H,12,13). The molecule has 0 atom stereocenters. The van der Waals surface area contributed by atoms with Crippen LogP contribution in [0.15, 0.2) is 41.8 Å². The first-order chi connectivity index (χ1) is 8.62. The number of rotatable bonds is 5.